The van der Waals surface area contributed by atoms with E-state index in [1.807, 2.05) is 0 Å². The second-order valence-corrected chi connectivity index (χ2v) is 15.4. The van der Waals surface area contributed by atoms with Crippen molar-refractivity contribution in [2.24, 2.45) is 0 Å². The molecule has 0 aromatic heterocycles. The summed E-state index contributed by atoms with van der Waals surface area (Å²) in [6.07, 6.45) is 0. The van der Waals surface area contributed by atoms with E-state index >= 15 is 0 Å². The average molecular weight is 512 g/mol. The van der Waals surface area contributed by atoms with Crippen LogP contribution in [0.1, 0.15) is 45.9 Å². The lowest BCUT2D eigenvalue weighted by molar-refractivity contribution is 0.107. The van der Waals surface area contributed by atoms with Crippen molar-refractivity contribution in [2.45, 2.75) is 38.0 Å². The van der Waals surface area contributed by atoms with Crippen LogP contribution in [0.15, 0.2) is 89.4 Å². The molecule has 0 amide bonds. The van der Waals surface area contributed by atoms with Crippen LogP contribution in [0.5, 0.6) is 0 Å². The van der Waals surface area contributed by atoms with Gasteiger partial charge in [0.05, 0.1) is 0 Å². The van der Waals surface area contributed by atoms with Gasteiger partial charge >= 0.3 is 0 Å². The Hall–Kier alpha value is -2.46. The molecule has 1 nitrogen and oxygen atoms in total. The van der Waals surface area contributed by atoms with Crippen molar-refractivity contribution in [1.29, 1.82) is 0 Å². The fourth-order valence-electron chi connectivity index (χ4n) is 6.57. The molecule has 0 spiro atoms. The Bertz CT molecular complexity index is 1380. The maximum absolute atomic E-state index is 13.0. The van der Waals surface area contributed by atoms with Crippen LogP contribution in [0.4, 0.5) is 0 Å². The number of benzene rings is 4. The first-order valence-corrected chi connectivity index (χ1v) is 15.3. The van der Waals surface area contributed by atoms with Gasteiger partial charge in [0, 0.05) is 15.5 Å². The lowest BCUT2D eigenvalue weighted by Gasteiger charge is -2.55. The van der Waals surface area contributed by atoms with Gasteiger partial charge in [-0.3, -0.25) is 0 Å². The molecule has 3 heteroatoms. The molecule has 0 radical (unpaired) electrons. The Labute approximate surface area is 205 Å². The number of hydrogen-bond acceptors (Lipinski definition) is 1. The van der Waals surface area contributed by atoms with Gasteiger partial charge in [-0.15, -0.1) is 0 Å². The Morgan fingerprint density at radius 1 is 0.697 bits per heavy atom. The summed E-state index contributed by atoms with van der Waals surface area (Å²) in [6.45, 7) is 9.30. The summed E-state index contributed by atoms with van der Waals surface area (Å²) in [4.78, 5) is 0. The highest BCUT2D eigenvalue weighted by Gasteiger charge is 2.59. The molecular weight excluding hydrogens is 484 g/mol. The molecule has 0 aliphatic heterocycles. The molecule has 7 rings (SSSR count). The second kappa shape index (κ2) is 6.79. The zero-order valence-corrected chi connectivity index (χ0v) is 22.0. The fraction of sp³-hybridized carbons (Fsp3) is 0.200. The van der Waals surface area contributed by atoms with E-state index in [1.54, 1.807) is 0 Å². The summed E-state index contributed by atoms with van der Waals surface area (Å²) in [6, 6.07) is 30.4. The Kier molecular flexibility index (Phi) is 4.34. The Morgan fingerprint density at radius 2 is 1.27 bits per heavy atom. The molecule has 2 bridgehead atoms. The number of rotatable bonds is 2. The molecule has 2 unspecified atom stereocenters. The largest absolute Gasteiger partial charge is 0.376 e. The highest BCUT2D eigenvalue weighted by molar-refractivity contribution is 9.10. The van der Waals surface area contributed by atoms with Crippen LogP contribution in [0, 0.1) is 6.92 Å². The second-order valence-electron chi connectivity index (χ2n) is 10.2. The number of aliphatic hydroxyl groups is 1. The zero-order chi connectivity index (χ0) is 23.2. The van der Waals surface area contributed by atoms with Crippen LogP contribution in [-0.4, -0.2) is 13.2 Å². The third kappa shape index (κ3) is 2.45. The first-order chi connectivity index (χ1) is 15.7. The first-order valence-electron chi connectivity index (χ1n) is 11.6. The van der Waals surface area contributed by atoms with Crippen molar-refractivity contribution in [3.63, 3.8) is 0 Å². The van der Waals surface area contributed by atoms with Gasteiger partial charge in [0.1, 0.15) is 13.7 Å². The summed E-state index contributed by atoms with van der Waals surface area (Å²) < 4.78 is 0.974. The predicted octanol–water partition coefficient (Wildman–Crippen LogP) is 5.85. The molecule has 2 atom stereocenters. The van der Waals surface area contributed by atoms with Gasteiger partial charge in [-0.2, -0.15) is 0 Å². The SMILES string of the molecule is Cc1cccc2c1C1(O)c3c(Br)cccc3C2(C)c2cccc([Si](C)(C)c3ccccc3)c21. The monoisotopic (exact) mass is 510 g/mol. The normalized spacial score (nSPS) is 22.5. The van der Waals surface area contributed by atoms with Gasteiger partial charge in [0.25, 0.3) is 0 Å². The average Bonchev–Trinajstić information content (AvgIpc) is 2.82. The van der Waals surface area contributed by atoms with Gasteiger partial charge in [-0.05, 0) is 58.5 Å². The summed E-state index contributed by atoms with van der Waals surface area (Å²) in [5.74, 6) is 0. The van der Waals surface area contributed by atoms with Crippen molar-refractivity contribution >= 4 is 34.4 Å². The molecule has 4 aromatic rings. The van der Waals surface area contributed by atoms with Crippen molar-refractivity contribution in [1.82, 2.24) is 0 Å². The van der Waals surface area contributed by atoms with Crippen molar-refractivity contribution in [2.75, 3.05) is 0 Å². The first kappa shape index (κ1) is 21.1. The zero-order valence-electron chi connectivity index (χ0n) is 19.4. The smallest absolute Gasteiger partial charge is 0.142 e. The Balaban J connectivity index is 1.80. The van der Waals surface area contributed by atoms with Crippen LogP contribution in [0.3, 0.4) is 0 Å². The third-order valence-electron chi connectivity index (χ3n) is 8.22. The summed E-state index contributed by atoms with van der Waals surface area (Å²) in [5.41, 5.74) is 6.45. The van der Waals surface area contributed by atoms with E-state index in [9.17, 15) is 5.11 Å². The summed E-state index contributed by atoms with van der Waals surface area (Å²) >= 11 is 3.84. The van der Waals surface area contributed by atoms with Gasteiger partial charge in [-0.1, -0.05) is 113 Å². The summed E-state index contributed by atoms with van der Waals surface area (Å²) in [5, 5.41) is 15.7. The van der Waals surface area contributed by atoms with Crippen LogP contribution >= 0.6 is 15.9 Å². The topological polar surface area (TPSA) is 20.2 Å². The van der Waals surface area contributed by atoms with Gasteiger partial charge in [-0.25, -0.2) is 0 Å². The molecule has 0 saturated carbocycles. The fourth-order valence-corrected chi connectivity index (χ4v) is 10.0. The van der Waals surface area contributed by atoms with Crippen LogP contribution in [-0.2, 0) is 11.0 Å². The van der Waals surface area contributed by atoms with Crippen molar-refractivity contribution < 1.29 is 5.11 Å². The highest BCUT2D eigenvalue weighted by atomic mass is 79.9. The van der Waals surface area contributed by atoms with Crippen LogP contribution in [0.2, 0.25) is 13.1 Å². The quantitative estimate of drug-likeness (QED) is 0.335. The van der Waals surface area contributed by atoms with Gasteiger partial charge < -0.3 is 5.11 Å². The third-order valence-corrected chi connectivity index (χ3v) is 12.4. The minimum atomic E-state index is -2.10. The lowest BCUT2D eigenvalue weighted by atomic mass is 9.51. The molecule has 0 saturated heterocycles. The molecule has 0 fully saturated rings. The highest BCUT2D eigenvalue weighted by Crippen LogP contribution is 2.62. The molecule has 3 aliphatic rings. The number of halogens is 1. The van der Waals surface area contributed by atoms with E-state index < -0.39 is 13.7 Å². The van der Waals surface area contributed by atoms with E-state index in [1.165, 1.54) is 27.1 Å². The van der Waals surface area contributed by atoms with Crippen LogP contribution in [0.25, 0.3) is 0 Å². The van der Waals surface area contributed by atoms with E-state index in [0.717, 1.165) is 26.7 Å². The van der Waals surface area contributed by atoms with Crippen LogP contribution < -0.4 is 10.4 Å². The maximum Gasteiger partial charge on any atom is 0.142 e. The number of hydrogen-bond donors (Lipinski definition) is 1. The molecule has 3 aliphatic carbocycles. The molecule has 4 aromatic carbocycles. The van der Waals surface area contributed by atoms with Crippen molar-refractivity contribution in [3.8, 4) is 0 Å². The van der Waals surface area contributed by atoms with E-state index in [2.05, 4.69) is 128 Å². The molecular formula is C30H27BrOSi. The van der Waals surface area contributed by atoms with E-state index in [4.69, 9.17) is 0 Å². The minimum absolute atomic E-state index is 0.322. The number of aryl methyl sites for hydroxylation is 1. The van der Waals surface area contributed by atoms with Crippen molar-refractivity contribution in [3.05, 3.63) is 128 Å². The van der Waals surface area contributed by atoms with E-state index in [0.29, 0.717) is 0 Å². The van der Waals surface area contributed by atoms with Gasteiger partial charge in [0.15, 0.2) is 0 Å². The van der Waals surface area contributed by atoms with E-state index in [-0.39, 0.29) is 5.41 Å². The predicted molar refractivity (Wildman–Crippen MR) is 143 cm³/mol. The van der Waals surface area contributed by atoms with Gasteiger partial charge in [0.2, 0.25) is 0 Å². The Morgan fingerprint density at radius 3 is 1.97 bits per heavy atom. The minimum Gasteiger partial charge on any atom is -0.376 e. The summed E-state index contributed by atoms with van der Waals surface area (Å²) in [7, 11) is -2.10. The maximum atomic E-state index is 13.0. The molecule has 0 heterocycles. The standard InChI is InChI=1S/C30H27BrOSi/c1-19-11-8-14-21-26(19)30(32)27-22(15-9-17-24(27)31)29(21,2)23-16-10-18-25(28(23)30)33(3,4)20-12-6-5-7-13-20/h5-18,32H,1-4H3. The molecule has 33 heavy (non-hydrogen) atoms. The molecule has 164 valence electrons. The lowest BCUT2D eigenvalue weighted by Crippen LogP contribution is -2.60. The molecule has 1 N–H and O–H groups in total.